The molecule has 2 atom stereocenters. The Hall–Kier alpha value is -2.31. The number of aromatic nitrogens is 1. The zero-order chi connectivity index (χ0) is 15.9. The Morgan fingerprint density at radius 3 is 2.55 bits per heavy atom. The highest BCUT2D eigenvalue weighted by Gasteiger charge is 2.52. The van der Waals surface area contributed by atoms with Crippen LogP contribution in [0.15, 0.2) is 36.4 Å². The van der Waals surface area contributed by atoms with Gasteiger partial charge in [-0.3, -0.25) is 4.79 Å². The first-order valence-corrected chi connectivity index (χ1v) is 6.76. The van der Waals surface area contributed by atoms with Crippen molar-refractivity contribution in [2.45, 2.75) is 6.18 Å². The molecule has 0 saturated carbocycles. The third-order valence-corrected chi connectivity index (χ3v) is 3.97. The molecule has 1 aromatic carbocycles. The Labute approximate surface area is 124 Å². The van der Waals surface area contributed by atoms with E-state index in [1.54, 1.807) is 24.3 Å². The topological polar surface area (TPSA) is 53.4 Å². The van der Waals surface area contributed by atoms with Gasteiger partial charge >= 0.3 is 12.1 Å². The molecule has 22 heavy (non-hydrogen) atoms. The minimum Gasteiger partial charge on any atom is -0.481 e. The molecule has 0 spiro atoms. The number of rotatable bonds is 2. The van der Waals surface area contributed by atoms with Crippen LogP contribution in [0.1, 0.15) is 0 Å². The predicted molar refractivity (Wildman–Crippen MR) is 74.6 cm³/mol. The van der Waals surface area contributed by atoms with Crippen molar-refractivity contribution in [2.75, 3.05) is 18.0 Å². The monoisotopic (exact) mass is 310 g/mol. The maximum absolute atomic E-state index is 13.0. The van der Waals surface area contributed by atoms with Crippen molar-refractivity contribution in [1.82, 2.24) is 4.98 Å². The van der Waals surface area contributed by atoms with E-state index >= 15 is 0 Å². The smallest absolute Gasteiger partial charge is 0.394 e. The van der Waals surface area contributed by atoms with E-state index in [0.29, 0.717) is 11.3 Å². The maximum atomic E-state index is 13.0. The molecule has 2 aromatic rings. The van der Waals surface area contributed by atoms with E-state index in [2.05, 4.69) is 4.98 Å². The van der Waals surface area contributed by atoms with Crippen molar-refractivity contribution in [3.63, 3.8) is 0 Å². The third-order valence-electron chi connectivity index (χ3n) is 3.97. The Morgan fingerprint density at radius 2 is 1.91 bits per heavy atom. The van der Waals surface area contributed by atoms with Gasteiger partial charge in [0.1, 0.15) is 5.82 Å². The SMILES string of the molecule is O=C(O)[C@@H]1CN(c2ccc3ccccc3n2)C[C@H]1C(F)(F)F. The fourth-order valence-electron chi connectivity index (χ4n) is 2.80. The summed E-state index contributed by atoms with van der Waals surface area (Å²) in [6, 6.07) is 10.7. The normalized spacial score (nSPS) is 22.2. The molecule has 116 valence electrons. The highest BCUT2D eigenvalue weighted by Crippen LogP contribution is 2.39. The van der Waals surface area contributed by atoms with Gasteiger partial charge in [0.25, 0.3) is 0 Å². The molecule has 0 unspecified atom stereocenters. The molecule has 1 N–H and O–H groups in total. The summed E-state index contributed by atoms with van der Waals surface area (Å²) >= 11 is 0. The van der Waals surface area contributed by atoms with Gasteiger partial charge in [-0.15, -0.1) is 0 Å². The van der Waals surface area contributed by atoms with Crippen molar-refractivity contribution in [2.24, 2.45) is 11.8 Å². The lowest BCUT2D eigenvalue weighted by molar-refractivity contribution is -0.187. The van der Waals surface area contributed by atoms with Crippen LogP contribution in [0.4, 0.5) is 19.0 Å². The first-order chi connectivity index (χ1) is 10.4. The van der Waals surface area contributed by atoms with E-state index in [9.17, 15) is 18.0 Å². The molecule has 1 aliphatic heterocycles. The first-order valence-electron chi connectivity index (χ1n) is 6.76. The maximum Gasteiger partial charge on any atom is 0.394 e. The van der Waals surface area contributed by atoms with Crippen LogP contribution in [-0.2, 0) is 4.79 Å². The summed E-state index contributed by atoms with van der Waals surface area (Å²) in [5, 5.41) is 9.92. The number of anilines is 1. The van der Waals surface area contributed by atoms with Gasteiger partial charge in [-0.2, -0.15) is 13.2 Å². The molecule has 1 aliphatic rings. The fourth-order valence-corrected chi connectivity index (χ4v) is 2.80. The number of nitrogens with zero attached hydrogens (tertiary/aromatic N) is 2. The standard InChI is InChI=1S/C15H13F3N2O2/c16-15(17,18)11-8-20(7-10(11)14(21)22)13-6-5-9-3-1-2-4-12(9)19-13/h1-6,10-11H,7-8H2,(H,21,22)/t10-,11-/m1/s1. The second-order valence-electron chi connectivity index (χ2n) is 5.36. The quantitative estimate of drug-likeness (QED) is 0.926. The minimum atomic E-state index is -4.53. The van der Waals surface area contributed by atoms with E-state index in [1.807, 2.05) is 12.1 Å². The summed E-state index contributed by atoms with van der Waals surface area (Å²) in [5.41, 5.74) is 0.669. The van der Waals surface area contributed by atoms with Gasteiger partial charge in [-0.25, -0.2) is 4.98 Å². The van der Waals surface area contributed by atoms with Gasteiger partial charge in [0.15, 0.2) is 0 Å². The molecule has 0 bridgehead atoms. The van der Waals surface area contributed by atoms with Crippen molar-refractivity contribution in [1.29, 1.82) is 0 Å². The van der Waals surface area contributed by atoms with Crippen molar-refractivity contribution < 1.29 is 23.1 Å². The number of carbonyl (C=O) groups is 1. The molecular formula is C15H13F3N2O2. The summed E-state index contributed by atoms with van der Waals surface area (Å²) in [7, 11) is 0. The lowest BCUT2D eigenvalue weighted by Gasteiger charge is -2.19. The van der Waals surface area contributed by atoms with E-state index in [4.69, 9.17) is 5.11 Å². The largest absolute Gasteiger partial charge is 0.481 e. The Bertz CT molecular complexity index is 717. The van der Waals surface area contributed by atoms with E-state index < -0.39 is 24.0 Å². The van der Waals surface area contributed by atoms with Crippen LogP contribution in [0.2, 0.25) is 0 Å². The number of fused-ring (bicyclic) bond motifs is 1. The van der Waals surface area contributed by atoms with Gasteiger partial charge in [-0.05, 0) is 18.2 Å². The van der Waals surface area contributed by atoms with E-state index in [0.717, 1.165) is 5.39 Å². The summed E-state index contributed by atoms with van der Waals surface area (Å²) in [5.74, 6) is -4.39. The van der Waals surface area contributed by atoms with E-state index in [1.165, 1.54) is 4.90 Å². The second-order valence-corrected chi connectivity index (χ2v) is 5.36. The van der Waals surface area contributed by atoms with Crippen molar-refractivity contribution >= 4 is 22.7 Å². The van der Waals surface area contributed by atoms with Crippen molar-refractivity contribution in [3.8, 4) is 0 Å². The predicted octanol–water partition coefficient (Wildman–Crippen LogP) is 2.93. The van der Waals surface area contributed by atoms with Crippen molar-refractivity contribution in [3.05, 3.63) is 36.4 Å². The summed E-state index contributed by atoms with van der Waals surface area (Å²) in [6.45, 7) is -0.573. The fraction of sp³-hybridized carbons (Fsp3) is 0.333. The average molecular weight is 310 g/mol. The van der Waals surface area contributed by atoms with Crippen LogP contribution in [0, 0.1) is 11.8 Å². The highest BCUT2D eigenvalue weighted by molar-refractivity contribution is 5.80. The molecule has 0 aliphatic carbocycles. The number of alkyl halides is 3. The first kappa shape index (κ1) is 14.6. The van der Waals surface area contributed by atoms with Crippen LogP contribution in [0.3, 0.4) is 0 Å². The van der Waals surface area contributed by atoms with E-state index in [-0.39, 0.29) is 13.1 Å². The molecule has 1 aromatic heterocycles. The molecule has 7 heteroatoms. The lowest BCUT2D eigenvalue weighted by Crippen LogP contribution is -2.33. The zero-order valence-electron chi connectivity index (χ0n) is 11.4. The van der Waals surface area contributed by atoms with Gasteiger partial charge in [0.05, 0.1) is 17.4 Å². The summed E-state index contributed by atoms with van der Waals surface area (Å²) in [4.78, 5) is 16.8. The molecule has 1 saturated heterocycles. The Morgan fingerprint density at radius 1 is 1.18 bits per heavy atom. The van der Waals surface area contributed by atoms with Crippen LogP contribution in [0.5, 0.6) is 0 Å². The minimum absolute atomic E-state index is 0.190. The third kappa shape index (κ3) is 2.58. The molecule has 2 heterocycles. The summed E-state index contributed by atoms with van der Waals surface area (Å²) in [6.07, 6.45) is -4.53. The molecule has 4 nitrogen and oxygen atoms in total. The molecular weight excluding hydrogens is 297 g/mol. The molecule has 0 amide bonds. The van der Waals surface area contributed by atoms with Gasteiger partial charge in [0.2, 0.25) is 0 Å². The van der Waals surface area contributed by atoms with Gasteiger partial charge in [0, 0.05) is 18.5 Å². The van der Waals surface area contributed by atoms with Gasteiger partial charge < -0.3 is 10.0 Å². The number of carboxylic acids is 1. The van der Waals surface area contributed by atoms with Gasteiger partial charge in [-0.1, -0.05) is 18.2 Å². The highest BCUT2D eigenvalue weighted by atomic mass is 19.4. The van der Waals surface area contributed by atoms with Crippen LogP contribution in [0.25, 0.3) is 10.9 Å². The number of para-hydroxylation sites is 1. The van der Waals surface area contributed by atoms with Crippen LogP contribution < -0.4 is 4.90 Å². The van der Waals surface area contributed by atoms with Crippen LogP contribution in [-0.4, -0.2) is 35.3 Å². The number of aliphatic carboxylic acids is 1. The number of pyridine rings is 1. The Kier molecular flexibility index (Phi) is 3.42. The molecule has 3 rings (SSSR count). The van der Waals surface area contributed by atoms with Crippen LogP contribution >= 0.6 is 0 Å². The number of carboxylic acid groups (broad SMARTS) is 1. The number of benzene rings is 1. The number of hydrogen-bond donors (Lipinski definition) is 1. The molecule has 1 fully saturated rings. The zero-order valence-corrected chi connectivity index (χ0v) is 11.4. The average Bonchev–Trinajstić information content (AvgIpc) is 2.92. The lowest BCUT2D eigenvalue weighted by atomic mass is 9.96. The number of hydrogen-bond acceptors (Lipinski definition) is 3. The Balaban J connectivity index is 1.92. The number of halogens is 3. The second kappa shape index (κ2) is 5.15. The summed E-state index contributed by atoms with van der Waals surface area (Å²) < 4.78 is 39.0. The molecule has 0 radical (unpaired) electrons.